The zero-order valence-electron chi connectivity index (χ0n) is 16.6. The van der Waals surface area contributed by atoms with Crippen LogP contribution >= 0.6 is 11.8 Å². The zero-order valence-corrected chi connectivity index (χ0v) is 18.2. The van der Waals surface area contributed by atoms with Crippen LogP contribution in [0.3, 0.4) is 0 Å². The van der Waals surface area contributed by atoms with E-state index in [0.717, 1.165) is 16.0 Å². The van der Waals surface area contributed by atoms with Crippen LogP contribution in [-0.4, -0.2) is 42.5 Å². The molecule has 0 aliphatic carbocycles. The van der Waals surface area contributed by atoms with Gasteiger partial charge in [-0.25, -0.2) is 8.42 Å². The van der Waals surface area contributed by atoms with Gasteiger partial charge in [-0.3, -0.25) is 4.79 Å². The summed E-state index contributed by atoms with van der Waals surface area (Å²) in [6, 6.07) is 23.7. The predicted molar refractivity (Wildman–Crippen MR) is 121 cm³/mol. The molecule has 0 fully saturated rings. The van der Waals surface area contributed by atoms with E-state index in [0.29, 0.717) is 0 Å². The van der Waals surface area contributed by atoms with Crippen LogP contribution in [-0.2, 0) is 14.8 Å². The monoisotopic (exact) mass is 457 g/mol. The summed E-state index contributed by atoms with van der Waals surface area (Å²) in [5.74, 6) is -1.09. The Balaban J connectivity index is 1.64. The van der Waals surface area contributed by atoms with Crippen molar-refractivity contribution in [2.24, 2.45) is 0 Å². The van der Waals surface area contributed by atoms with Gasteiger partial charge in [0.15, 0.2) is 0 Å². The van der Waals surface area contributed by atoms with E-state index in [2.05, 4.69) is 4.72 Å². The third-order valence-electron chi connectivity index (χ3n) is 4.56. The first kappa shape index (κ1) is 23.0. The quantitative estimate of drug-likeness (QED) is 0.402. The molecule has 0 aliphatic rings. The molecule has 0 amide bonds. The number of rotatable bonds is 10. The van der Waals surface area contributed by atoms with Gasteiger partial charge in [0.2, 0.25) is 10.0 Å². The highest BCUT2D eigenvalue weighted by Crippen LogP contribution is 2.22. The number of aliphatic hydroxyl groups is 1. The van der Waals surface area contributed by atoms with Crippen LogP contribution in [0.15, 0.2) is 94.7 Å². The lowest BCUT2D eigenvalue weighted by atomic mass is 10.1. The minimum atomic E-state index is -4.06. The number of nitrogens with one attached hydrogen (secondary N) is 1. The van der Waals surface area contributed by atoms with Crippen LogP contribution in [0.4, 0.5) is 0 Å². The Labute approximate surface area is 186 Å². The first-order valence-electron chi connectivity index (χ1n) is 9.62. The first-order valence-corrected chi connectivity index (χ1v) is 12.1. The molecule has 31 heavy (non-hydrogen) atoms. The van der Waals surface area contributed by atoms with Crippen LogP contribution in [0.2, 0.25) is 0 Å². The minimum Gasteiger partial charge on any atom is -0.480 e. The van der Waals surface area contributed by atoms with E-state index in [4.69, 9.17) is 0 Å². The summed E-state index contributed by atoms with van der Waals surface area (Å²) >= 11 is 1.38. The molecule has 3 rings (SSSR count). The molecule has 0 bridgehead atoms. The van der Waals surface area contributed by atoms with Crippen LogP contribution in [0.25, 0.3) is 11.1 Å². The van der Waals surface area contributed by atoms with Crippen LogP contribution in [0, 0.1) is 0 Å². The number of aliphatic carboxylic acids is 1. The number of carboxylic acid groups (broad SMARTS) is 1. The number of carbonyl (C=O) groups is 1. The molecule has 0 aliphatic heterocycles. The predicted octanol–water partition coefficient (Wildman–Crippen LogP) is 3.63. The number of hydrogen-bond acceptors (Lipinski definition) is 5. The second-order valence-electron chi connectivity index (χ2n) is 6.92. The summed E-state index contributed by atoms with van der Waals surface area (Å²) in [6.07, 6.45) is -1.23. The Kier molecular flexibility index (Phi) is 7.86. The van der Waals surface area contributed by atoms with Crippen molar-refractivity contribution in [3.8, 4) is 11.1 Å². The fourth-order valence-electron chi connectivity index (χ4n) is 2.96. The molecule has 0 spiro atoms. The lowest BCUT2D eigenvalue weighted by molar-refractivity contribution is -0.139. The minimum absolute atomic E-state index is 0.0356. The largest absolute Gasteiger partial charge is 0.480 e. The molecular formula is C23H23NO5S2. The van der Waals surface area contributed by atoms with Gasteiger partial charge < -0.3 is 10.2 Å². The SMILES string of the molecule is O=C(O)C(CC(O)CSc1ccccc1)NS(=O)(=O)c1ccc(-c2ccccc2)cc1. The number of carboxylic acids is 1. The van der Waals surface area contributed by atoms with Crippen molar-refractivity contribution >= 4 is 27.8 Å². The zero-order chi connectivity index (χ0) is 22.3. The van der Waals surface area contributed by atoms with Gasteiger partial charge in [0.25, 0.3) is 0 Å². The highest BCUT2D eigenvalue weighted by atomic mass is 32.2. The van der Waals surface area contributed by atoms with E-state index in [1.165, 1.54) is 23.9 Å². The maximum absolute atomic E-state index is 12.7. The van der Waals surface area contributed by atoms with Gasteiger partial charge in [-0.15, -0.1) is 11.8 Å². The third kappa shape index (κ3) is 6.67. The summed E-state index contributed by atoms with van der Waals surface area (Å²) < 4.78 is 27.6. The molecular weight excluding hydrogens is 434 g/mol. The lowest BCUT2D eigenvalue weighted by Crippen LogP contribution is -2.43. The molecule has 0 saturated carbocycles. The highest BCUT2D eigenvalue weighted by Gasteiger charge is 2.27. The molecule has 8 heteroatoms. The molecule has 0 heterocycles. The maximum atomic E-state index is 12.7. The fourth-order valence-corrected chi connectivity index (χ4v) is 5.03. The Morgan fingerprint density at radius 1 is 0.871 bits per heavy atom. The molecule has 0 aromatic heterocycles. The van der Waals surface area contributed by atoms with Gasteiger partial charge in [0, 0.05) is 17.1 Å². The Bertz CT molecular complexity index is 1090. The van der Waals surface area contributed by atoms with Crippen molar-refractivity contribution in [3.05, 3.63) is 84.9 Å². The summed E-state index contributed by atoms with van der Waals surface area (Å²) in [5, 5.41) is 19.7. The van der Waals surface area contributed by atoms with E-state index in [-0.39, 0.29) is 17.1 Å². The number of aliphatic hydroxyl groups excluding tert-OH is 1. The van der Waals surface area contributed by atoms with Crippen molar-refractivity contribution in [1.82, 2.24) is 4.72 Å². The molecule has 3 aromatic carbocycles. The Morgan fingerprint density at radius 2 is 1.42 bits per heavy atom. The smallest absolute Gasteiger partial charge is 0.321 e. The van der Waals surface area contributed by atoms with E-state index in [9.17, 15) is 23.4 Å². The fraction of sp³-hybridized carbons (Fsp3) is 0.174. The molecule has 3 N–H and O–H groups in total. The van der Waals surface area contributed by atoms with Gasteiger partial charge in [-0.05, 0) is 35.4 Å². The maximum Gasteiger partial charge on any atom is 0.321 e. The second-order valence-corrected chi connectivity index (χ2v) is 9.72. The average molecular weight is 458 g/mol. The topological polar surface area (TPSA) is 104 Å². The molecule has 0 saturated heterocycles. The normalized spacial score (nSPS) is 13.5. The molecule has 2 atom stereocenters. The van der Waals surface area contributed by atoms with Gasteiger partial charge >= 0.3 is 5.97 Å². The van der Waals surface area contributed by atoms with Crippen molar-refractivity contribution < 1.29 is 23.4 Å². The molecule has 162 valence electrons. The van der Waals surface area contributed by atoms with E-state index < -0.39 is 28.1 Å². The van der Waals surface area contributed by atoms with E-state index in [1.807, 2.05) is 60.7 Å². The van der Waals surface area contributed by atoms with Crippen molar-refractivity contribution in [1.29, 1.82) is 0 Å². The van der Waals surface area contributed by atoms with Gasteiger partial charge in [-0.1, -0.05) is 60.7 Å². The second kappa shape index (κ2) is 10.6. The molecule has 2 unspecified atom stereocenters. The van der Waals surface area contributed by atoms with Crippen LogP contribution < -0.4 is 4.72 Å². The number of sulfonamides is 1. The van der Waals surface area contributed by atoms with E-state index in [1.54, 1.807) is 12.1 Å². The first-order chi connectivity index (χ1) is 14.8. The summed E-state index contributed by atoms with van der Waals surface area (Å²) in [5.41, 5.74) is 1.80. The highest BCUT2D eigenvalue weighted by molar-refractivity contribution is 7.99. The molecule has 0 radical (unpaired) electrons. The average Bonchev–Trinajstić information content (AvgIpc) is 2.78. The van der Waals surface area contributed by atoms with Gasteiger partial charge in [0.05, 0.1) is 11.0 Å². The summed E-state index contributed by atoms with van der Waals surface area (Å²) in [4.78, 5) is 12.5. The number of hydrogen-bond donors (Lipinski definition) is 3. The standard InChI is InChI=1S/C23H23NO5S2/c25-19(16-30-20-9-5-2-6-10-20)15-22(23(26)27)24-31(28,29)21-13-11-18(12-14-21)17-7-3-1-4-8-17/h1-14,19,22,24-25H,15-16H2,(H,26,27). The van der Waals surface area contributed by atoms with Crippen molar-refractivity contribution in [2.75, 3.05) is 5.75 Å². The van der Waals surface area contributed by atoms with Crippen molar-refractivity contribution in [2.45, 2.75) is 28.4 Å². The Hall–Kier alpha value is -2.65. The summed E-state index contributed by atoms with van der Waals surface area (Å²) in [7, 11) is -4.06. The van der Waals surface area contributed by atoms with Gasteiger partial charge in [-0.2, -0.15) is 4.72 Å². The number of benzene rings is 3. The van der Waals surface area contributed by atoms with Crippen LogP contribution in [0.1, 0.15) is 6.42 Å². The lowest BCUT2D eigenvalue weighted by Gasteiger charge is -2.18. The number of thioether (sulfide) groups is 1. The van der Waals surface area contributed by atoms with Crippen molar-refractivity contribution in [3.63, 3.8) is 0 Å². The Morgan fingerprint density at radius 3 is 2.00 bits per heavy atom. The summed E-state index contributed by atoms with van der Waals surface area (Å²) in [6.45, 7) is 0. The molecule has 6 nitrogen and oxygen atoms in total. The molecule has 3 aromatic rings. The van der Waals surface area contributed by atoms with E-state index >= 15 is 0 Å². The third-order valence-corrected chi connectivity index (χ3v) is 7.21. The van der Waals surface area contributed by atoms with Gasteiger partial charge in [0.1, 0.15) is 6.04 Å². The van der Waals surface area contributed by atoms with Crippen LogP contribution in [0.5, 0.6) is 0 Å².